The van der Waals surface area contributed by atoms with Crippen LogP contribution in [0.4, 0.5) is 4.39 Å². The van der Waals surface area contributed by atoms with E-state index in [4.69, 9.17) is 0 Å². The average molecular weight is 235 g/mol. The molecule has 2 aliphatic rings. The Balaban J connectivity index is 1.67. The van der Waals surface area contributed by atoms with E-state index in [1.165, 1.54) is 11.6 Å². The quantitative estimate of drug-likeness (QED) is 0.842. The van der Waals surface area contributed by atoms with Gasteiger partial charge in [0, 0.05) is 12.6 Å². The molecule has 1 aromatic rings. The second-order valence-electron chi connectivity index (χ2n) is 5.39. The van der Waals surface area contributed by atoms with Gasteiger partial charge < -0.3 is 10.4 Å². The van der Waals surface area contributed by atoms with Crippen LogP contribution < -0.4 is 5.32 Å². The van der Waals surface area contributed by atoms with Gasteiger partial charge in [0.15, 0.2) is 0 Å². The van der Waals surface area contributed by atoms with Crippen molar-refractivity contribution in [1.82, 2.24) is 5.32 Å². The Morgan fingerprint density at radius 3 is 2.94 bits per heavy atom. The summed E-state index contributed by atoms with van der Waals surface area (Å²) in [5.41, 5.74) is 1.83. The zero-order valence-electron chi connectivity index (χ0n) is 9.88. The van der Waals surface area contributed by atoms with Gasteiger partial charge in [0.1, 0.15) is 5.82 Å². The second-order valence-corrected chi connectivity index (χ2v) is 5.39. The Morgan fingerprint density at radius 2 is 2.24 bits per heavy atom. The molecule has 1 fully saturated rings. The Hall–Kier alpha value is -0.930. The summed E-state index contributed by atoms with van der Waals surface area (Å²) >= 11 is 0. The molecule has 0 aliphatic heterocycles. The predicted octanol–water partition coefficient (Wildman–Crippen LogP) is 2.32. The molecule has 3 heteroatoms. The lowest BCUT2D eigenvalue weighted by molar-refractivity contribution is -0.0332. The van der Waals surface area contributed by atoms with Crippen molar-refractivity contribution in [1.29, 1.82) is 0 Å². The smallest absolute Gasteiger partial charge is 0.123 e. The van der Waals surface area contributed by atoms with Crippen molar-refractivity contribution in [2.45, 2.75) is 43.7 Å². The van der Waals surface area contributed by atoms with E-state index in [2.05, 4.69) is 5.32 Å². The molecular weight excluding hydrogens is 217 g/mol. The molecule has 17 heavy (non-hydrogen) atoms. The molecule has 0 heterocycles. The summed E-state index contributed by atoms with van der Waals surface area (Å²) < 4.78 is 13.1. The van der Waals surface area contributed by atoms with Crippen LogP contribution in [0.1, 0.15) is 42.9 Å². The number of fused-ring (bicyclic) bond motifs is 1. The molecule has 2 aliphatic carbocycles. The number of aliphatic hydroxyl groups is 1. The number of hydrogen-bond acceptors (Lipinski definition) is 2. The van der Waals surface area contributed by atoms with E-state index in [0.29, 0.717) is 6.54 Å². The topological polar surface area (TPSA) is 32.3 Å². The van der Waals surface area contributed by atoms with Crippen LogP contribution in [0, 0.1) is 5.82 Å². The fourth-order valence-electron chi connectivity index (χ4n) is 2.87. The van der Waals surface area contributed by atoms with Crippen molar-refractivity contribution in [2.24, 2.45) is 0 Å². The minimum atomic E-state index is -0.483. The van der Waals surface area contributed by atoms with Gasteiger partial charge >= 0.3 is 0 Å². The molecule has 0 saturated heterocycles. The van der Waals surface area contributed by atoms with E-state index in [9.17, 15) is 9.50 Å². The van der Waals surface area contributed by atoms with Gasteiger partial charge in [-0.3, -0.25) is 0 Å². The number of aryl methyl sites for hydroxylation is 1. The molecular formula is C14H18FNO. The minimum absolute atomic E-state index is 0.151. The highest BCUT2D eigenvalue weighted by atomic mass is 19.1. The number of benzene rings is 1. The van der Waals surface area contributed by atoms with Crippen LogP contribution >= 0.6 is 0 Å². The first-order valence-electron chi connectivity index (χ1n) is 6.40. The van der Waals surface area contributed by atoms with Crippen molar-refractivity contribution in [2.75, 3.05) is 6.54 Å². The minimum Gasteiger partial charge on any atom is -0.389 e. The molecule has 0 spiro atoms. The van der Waals surface area contributed by atoms with Crippen LogP contribution in [-0.4, -0.2) is 17.3 Å². The molecule has 1 atom stereocenters. The molecule has 1 unspecified atom stereocenters. The highest BCUT2D eigenvalue weighted by molar-refractivity contribution is 5.35. The van der Waals surface area contributed by atoms with Gasteiger partial charge in [-0.25, -0.2) is 4.39 Å². The van der Waals surface area contributed by atoms with E-state index >= 15 is 0 Å². The first-order chi connectivity index (χ1) is 8.16. The molecule has 2 N–H and O–H groups in total. The van der Waals surface area contributed by atoms with Gasteiger partial charge in [-0.1, -0.05) is 6.07 Å². The van der Waals surface area contributed by atoms with E-state index in [0.717, 1.165) is 37.7 Å². The fraction of sp³-hybridized carbons (Fsp3) is 0.571. The predicted molar refractivity (Wildman–Crippen MR) is 64.3 cm³/mol. The third-order valence-corrected chi connectivity index (χ3v) is 4.14. The molecule has 0 amide bonds. The van der Waals surface area contributed by atoms with Gasteiger partial charge in [-0.2, -0.15) is 0 Å². The van der Waals surface area contributed by atoms with Crippen LogP contribution in [-0.2, 0) is 6.42 Å². The summed E-state index contributed by atoms with van der Waals surface area (Å²) in [5.74, 6) is -0.151. The third-order valence-electron chi connectivity index (χ3n) is 4.14. The maximum absolute atomic E-state index is 13.1. The zero-order valence-corrected chi connectivity index (χ0v) is 9.88. The monoisotopic (exact) mass is 235 g/mol. The van der Waals surface area contributed by atoms with Crippen molar-refractivity contribution in [3.63, 3.8) is 0 Å². The van der Waals surface area contributed by atoms with Crippen molar-refractivity contribution >= 4 is 0 Å². The van der Waals surface area contributed by atoms with Crippen LogP contribution in [0.15, 0.2) is 18.2 Å². The van der Waals surface area contributed by atoms with Crippen molar-refractivity contribution in [3.8, 4) is 0 Å². The molecule has 3 rings (SSSR count). The van der Waals surface area contributed by atoms with E-state index < -0.39 is 5.60 Å². The van der Waals surface area contributed by atoms with Crippen molar-refractivity contribution < 1.29 is 9.50 Å². The lowest BCUT2D eigenvalue weighted by Crippen LogP contribution is -2.46. The molecule has 1 saturated carbocycles. The lowest BCUT2D eigenvalue weighted by atomic mass is 9.80. The summed E-state index contributed by atoms with van der Waals surface area (Å²) in [5, 5.41) is 13.5. The Bertz CT molecular complexity index is 428. The standard InChI is InChI=1S/C14H18FNO/c15-11-3-4-12-10(8-11)2-5-13(12)16-9-14(17)6-1-7-14/h3-4,8,13,16-17H,1-2,5-7,9H2. The number of rotatable bonds is 3. The van der Waals surface area contributed by atoms with Crippen molar-refractivity contribution in [3.05, 3.63) is 35.1 Å². The summed E-state index contributed by atoms with van der Waals surface area (Å²) in [4.78, 5) is 0. The Kier molecular flexibility index (Phi) is 2.68. The van der Waals surface area contributed by atoms with Gasteiger partial charge in [0.05, 0.1) is 5.60 Å². The van der Waals surface area contributed by atoms with E-state index in [-0.39, 0.29) is 11.9 Å². The summed E-state index contributed by atoms with van der Waals surface area (Å²) in [6.07, 6.45) is 4.88. The molecule has 1 aromatic carbocycles. The van der Waals surface area contributed by atoms with E-state index in [1.54, 1.807) is 6.07 Å². The molecule has 0 bridgehead atoms. The molecule has 0 radical (unpaired) electrons. The largest absolute Gasteiger partial charge is 0.389 e. The first kappa shape index (κ1) is 11.2. The lowest BCUT2D eigenvalue weighted by Gasteiger charge is -2.37. The third kappa shape index (κ3) is 2.09. The normalized spacial score (nSPS) is 25.4. The Morgan fingerprint density at radius 1 is 1.41 bits per heavy atom. The van der Waals surface area contributed by atoms with E-state index in [1.807, 2.05) is 6.07 Å². The number of nitrogens with one attached hydrogen (secondary N) is 1. The maximum Gasteiger partial charge on any atom is 0.123 e. The van der Waals surface area contributed by atoms with Gasteiger partial charge in [-0.15, -0.1) is 0 Å². The van der Waals surface area contributed by atoms with Gasteiger partial charge in [0.2, 0.25) is 0 Å². The number of halogens is 1. The highest BCUT2D eigenvalue weighted by Crippen LogP contribution is 2.34. The average Bonchev–Trinajstić information content (AvgIpc) is 2.66. The molecule has 92 valence electrons. The summed E-state index contributed by atoms with van der Waals surface area (Å²) in [6.45, 7) is 0.661. The fourth-order valence-corrected chi connectivity index (χ4v) is 2.87. The van der Waals surface area contributed by atoms with Crippen LogP contribution in [0.2, 0.25) is 0 Å². The summed E-state index contributed by atoms with van der Waals surface area (Å²) in [6, 6.07) is 5.32. The van der Waals surface area contributed by atoms with Crippen LogP contribution in [0.5, 0.6) is 0 Å². The second kappa shape index (κ2) is 4.07. The highest BCUT2D eigenvalue weighted by Gasteiger charge is 2.35. The van der Waals surface area contributed by atoms with Crippen LogP contribution in [0.25, 0.3) is 0 Å². The maximum atomic E-state index is 13.1. The van der Waals surface area contributed by atoms with Gasteiger partial charge in [0.25, 0.3) is 0 Å². The Labute approximate surface area is 101 Å². The molecule has 2 nitrogen and oxygen atoms in total. The zero-order chi connectivity index (χ0) is 11.9. The molecule has 0 aromatic heterocycles. The number of hydrogen-bond donors (Lipinski definition) is 2. The first-order valence-corrected chi connectivity index (χ1v) is 6.40. The summed E-state index contributed by atoms with van der Waals surface area (Å²) in [7, 11) is 0. The van der Waals surface area contributed by atoms with Gasteiger partial charge in [-0.05, 0) is 55.4 Å². The SMILES string of the molecule is OC1(CNC2CCc3cc(F)ccc32)CCC1. The van der Waals surface area contributed by atoms with Crippen LogP contribution in [0.3, 0.4) is 0 Å².